The smallest absolute Gasteiger partial charge is 0.490 e. The van der Waals surface area contributed by atoms with Crippen LogP contribution in [0.4, 0.5) is 13.2 Å². The zero-order valence-electron chi connectivity index (χ0n) is 15.8. The van der Waals surface area contributed by atoms with Gasteiger partial charge in [0.05, 0.1) is 12.7 Å². The highest BCUT2D eigenvalue weighted by Gasteiger charge is 2.38. The number of hydrogen-bond donors (Lipinski definition) is 4. The summed E-state index contributed by atoms with van der Waals surface area (Å²) in [6.45, 7) is 5.68. The first kappa shape index (κ1) is 22.5. The van der Waals surface area contributed by atoms with Gasteiger partial charge in [0.15, 0.2) is 0 Å². The Morgan fingerprint density at radius 2 is 1.93 bits per heavy atom. The summed E-state index contributed by atoms with van der Waals surface area (Å²) in [5, 5.41) is 14.3. The summed E-state index contributed by atoms with van der Waals surface area (Å²) in [6, 6.07) is 5.69. The summed E-state index contributed by atoms with van der Waals surface area (Å²) in [5.41, 5.74) is 1.60. The summed E-state index contributed by atoms with van der Waals surface area (Å²) < 4.78 is 37.0. The number of carbonyl (C=O) groups is 2. The van der Waals surface area contributed by atoms with Gasteiger partial charge in [0, 0.05) is 56.4 Å². The van der Waals surface area contributed by atoms with Crippen molar-refractivity contribution in [2.24, 2.45) is 0 Å². The monoisotopic (exact) mass is 416 g/mol. The van der Waals surface area contributed by atoms with Crippen LogP contribution in [0.1, 0.15) is 10.4 Å². The number of ether oxygens (including phenoxy) is 1. The van der Waals surface area contributed by atoms with Crippen molar-refractivity contribution in [3.8, 4) is 5.75 Å². The minimum atomic E-state index is -5.08. The molecule has 1 amide bonds. The summed E-state index contributed by atoms with van der Waals surface area (Å²) >= 11 is 0. The molecule has 0 aliphatic carbocycles. The molecule has 4 N–H and O–H groups in total. The van der Waals surface area contributed by atoms with Crippen LogP contribution in [0.25, 0.3) is 10.9 Å². The number of piperazine rings is 1. The standard InChI is InChI=1S/C16H22N4O2.C2HF3O2/c1-22-12-2-3-15-13(10-12)14(11-19-15)16(21)18-6-9-20-7-4-17-5-8-20;3-2(4,5)1(6)7/h2-3,10-11,17,19H,4-9H2,1H3,(H,18,21);(H,6,7). The molecule has 2 heterocycles. The second-order valence-electron chi connectivity index (χ2n) is 6.26. The van der Waals surface area contributed by atoms with Gasteiger partial charge in [0.2, 0.25) is 0 Å². The van der Waals surface area contributed by atoms with Crippen molar-refractivity contribution in [2.75, 3.05) is 46.4 Å². The number of H-pyrrole nitrogens is 1. The molecule has 0 atom stereocenters. The van der Waals surface area contributed by atoms with Crippen molar-refractivity contribution in [1.29, 1.82) is 0 Å². The molecule has 0 spiro atoms. The van der Waals surface area contributed by atoms with E-state index in [1.807, 2.05) is 18.2 Å². The number of methoxy groups -OCH3 is 1. The van der Waals surface area contributed by atoms with Crippen molar-refractivity contribution in [3.63, 3.8) is 0 Å². The Labute approximate surface area is 165 Å². The fourth-order valence-electron chi connectivity index (χ4n) is 2.77. The highest BCUT2D eigenvalue weighted by atomic mass is 19.4. The molecule has 1 fully saturated rings. The van der Waals surface area contributed by atoms with Crippen molar-refractivity contribution in [3.05, 3.63) is 30.0 Å². The molecule has 29 heavy (non-hydrogen) atoms. The number of alkyl halides is 3. The molecule has 1 aliphatic heterocycles. The molecular formula is C18H23F3N4O4. The van der Waals surface area contributed by atoms with Crippen LogP contribution >= 0.6 is 0 Å². The van der Waals surface area contributed by atoms with Gasteiger partial charge in [-0.2, -0.15) is 13.2 Å². The van der Waals surface area contributed by atoms with Gasteiger partial charge in [-0.1, -0.05) is 0 Å². The molecule has 0 unspecified atom stereocenters. The lowest BCUT2D eigenvalue weighted by Crippen LogP contribution is -2.46. The lowest BCUT2D eigenvalue weighted by Gasteiger charge is -2.27. The van der Waals surface area contributed by atoms with Crippen LogP contribution in [0, 0.1) is 0 Å². The molecule has 8 nitrogen and oxygen atoms in total. The van der Waals surface area contributed by atoms with E-state index in [1.165, 1.54) is 0 Å². The minimum absolute atomic E-state index is 0.0466. The SMILES string of the molecule is COc1ccc2[nH]cc(C(=O)NCCN3CCNCC3)c2c1.O=C(O)C(F)(F)F. The number of nitrogens with one attached hydrogen (secondary N) is 3. The highest BCUT2D eigenvalue weighted by molar-refractivity contribution is 6.07. The van der Waals surface area contributed by atoms with Crippen molar-refractivity contribution >= 4 is 22.8 Å². The van der Waals surface area contributed by atoms with E-state index in [4.69, 9.17) is 14.6 Å². The maximum atomic E-state index is 12.4. The molecule has 1 aliphatic rings. The Balaban J connectivity index is 0.000000370. The largest absolute Gasteiger partial charge is 0.497 e. The van der Waals surface area contributed by atoms with E-state index in [0.717, 1.165) is 49.4 Å². The zero-order valence-corrected chi connectivity index (χ0v) is 15.8. The Morgan fingerprint density at radius 1 is 1.28 bits per heavy atom. The molecule has 3 rings (SSSR count). The zero-order chi connectivity index (χ0) is 21.4. The summed E-state index contributed by atoms with van der Waals surface area (Å²) in [7, 11) is 1.63. The van der Waals surface area contributed by atoms with E-state index in [1.54, 1.807) is 13.3 Å². The highest BCUT2D eigenvalue weighted by Crippen LogP contribution is 2.23. The molecule has 1 saturated heterocycles. The Hall–Kier alpha value is -2.79. The maximum absolute atomic E-state index is 12.4. The number of nitrogens with zero attached hydrogens (tertiary/aromatic N) is 1. The number of fused-ring (bicyclic) bond motifs is 1. The Morgan fingerprint density at radius 3 is 2.52 bits per heavy atom. The first-order valence-electron chi connectivity index (χ1n) is 8.89. The third kappa shape index (κ3) is 6.64. The minimum Gasteiger partial charge on any atom is -0.497 e. The number of aromatic amines is 1. The van der Waals surface area contributed by atoms with Crippen LogP contribution in [0.5, 0.6) is 5.75 Å². The van der Waals surface area contributed by atoms with Crippen LogP contribution in [0.2, 0.25) is 0 Å². The normalized spacial score (nSPS) is 14.8. The molecule has 160 valence electrons. The predicted octanol–water partition coefficient (Wildman–Crippen LogP) is 1.44. The maximum Gasteiger partial charge on any atom is 0.490 e. The van der Waals surface area contributed by atoms with Crippen molar-refractivity contribution < 1.29 is 32.6 Å². The number of aliphatic carboxylic acids is 1. The van der Waals surface area contributed by atoms with Gasteiger partial charge in [-0.3, -0.25) is 9.69 Å². The van der Waals surface area contributed by atoms with Crippen molar-refractivity contribution in [2.45, 2.75) is 6.18 Å². The fraction of sp³-hybridized carbons (Fsp3) is 0.444. The number of benzene rings is 1. The quantitative estimate of drug-likeness (QED) is 0.588. The van der Waals surface area contributed by atoms with Crippen molar-refractivity contribution in [1.82, 2.24) is 20.5 Å². The van der Waals surface area contributed by atoms with Gasteiger partial charge in [-0.15, -0.1) is 0 Å². The number of carboxylic acid groups (broad SMARTS) is 1. The number of carbonyl (C=O) groups excluding carboxylic acids is 1. The molecule has 0 saturated carbocycles. The second-order valence-corrected chi connectivity index (χ2v) is 6.26. The van der Waals surface area contributed by atoms with E-state index < -0.39 is 12.1 Å². The van der Waals surface area contributed by atoms with Crippen LogP contribution in [0.15, 0.2) is 24.4 Å². The summed E-state index contributed by atoms with van der Waals surface area (Å²) in [6.07, 6.45) is -3.33. The summed E-state index contributed by atoms with van der Waals surface area (Å²) in [4.78, 5) is 26.7. The molecule has 11 heteroatoms. The van der Waals surface area contributed by atoms with E-state index >= 15 is 0 Å². The molecule has 1 aromatic carbocycles. The molecular weight excluding hydrogens is 393 g/mol. The molecule has 0 bridgehead atoms. The Kier molecular flexibility index (Phi) is 7.85. The van der Waals surface area contributed by atoms with Gasteiger partial charge < -0.3 is 25.5 Å². The second kappa shape index (κ2) is 10.1. The van der Waals surface area contributed by atoms with E-state index in [0.29, 0.717) is 12.1 Å². The number of rotatable bonds is 5. The fourth-order valence-corrected chi connectivity index (χ4v) is 2.77. The van der Waals surface area contributed by atoms with E-state index in [9.17, 15) is 18.0 Å². The third-order valence-corrected chi connectivity index (χ3v) is 4.30. The van der Waals surface area contributed by atoms with Crippen LogP contribution in [0.3, 0.4) is 0 Å². The molecule has 2 aromatic rings. The van der Waals surface area contributed by atoms with Gasteiger partial charge in [-0.25, -0.2) is 4.79 Å². The summed E-state index contributed by atoms with van der Waals surface area (Å²) in [5.74, 6) is -2.05. The number of hydrogen-bond acceptors (Lipinski definition) is 5. The van der Waals surface area contributed by atoms with Crippen LogP contribution in [-0.2, 0) is 4.79 Å². The van der Waals surface area contributed by atoms with E-state index in [-0.39, 0.29) is 5.91 Å². The molecule has 1 aromatic heterocycles. The van der Waals surface area contributed by atoms with Gasteiger partial charge in [0.1, 0.15) is 5.75 Å². The van der Waals surface area contributed by atoms with Gasteiger partial charge >= 0.3 is 12.1 Å². The predicted molar refractivity (Wildman–Crippen MR) is 100 cm³/mol. The number of aromatic nitrogens is 1. The third-order valence-electron chi connectivity index (χ3n) is 4.30. The average molecular weight is 416 g/mol. The lowest BCUT2D eigenvalue weighted by atomic mass is 10.1. The van der Waals surface area contributed by atoms with E-state index in [2.05, 4.69) is 20.5 Å². The number of carboxylic acids is 1. The van der Waals surface area contributed by atoms with Gasteiger partial charge in [-0.05, 0) is 18.2 Å². The first-order valence-corrected chi connectivity index (χ1v) is 8.89. The number of halogens is 3. The topological polar surface area (TPSA) is 107 Å². The first-order chi connectivity index (χ1) is 13.7. The number of amides is 1. The lowest BCUT2D eigenvalue weighted by molar-refractivity contribution is -0.192. The van der Waals surface area contributed by atoms with Crippen LogP contribution in [-0.4, -0.2) is 79.4 Å². The van der Waals surface area contributed by atoms with Gasteiger partial charge in [0.25, 0.3) is 5.91 Å². The molecule has 0 radical (unpaired) electrons. The Bertz CT molecular complexity index is 832. The average Bonchev–Trinajstić information content (AvgIpc) is 3.11. The van der Waals surface area contributed by atoms with Crippen LogP contribution < -0.4 is 15.4 Å².